The van der Waals surface area contributed by atoms with Crippen molar-refractivity contribution in [3.63, 3.8) is 0 Å². The van der Waals surface area contributed by atoms with Crippen molar-refractivity contribution in [1.29, 1.82) is 0 Å². The molecule has 0 radical (unpaired) electrons. The smallest absolute Gasteiger partial charge is 0.340 e. The molecule has 1 N–H and O–H groups in total. The minimum atomic E-state index is -0.0546. The monoisotopic (exact) mass is 279 g/mol. The second kappa shape index (κ2) is 7.24. The third-order valence-electron chi connectivity index (χ3n) is 3.23. The molecule has 1 fully saturated rings. The predicted molar refractivity (Wildman–Crippen MR) is 74.2 cm³/mol. The maximum absolute atomic E-state index is 9.12. The van der Waals surface area contributed by atoms with Crippen LogP contribution in [0.15, 0.2) is 23.2 Å². The van der Waals surface area contributed by atoms with Crippen molar-refractivity contribution >= 4 is 5.71 Å². The van der Waals surface area contributed by atoms with Gasteiger partial charge in [0.15, 0.2) is 0 Å². The van der Waals surface area contributed by atoms with Crippen LogP contribution >= 0.6 is 0 Å². The summed E-state index contributed by atoms with van der Waals surface area (Å²) in [4.78, 5) is 3.31. The molecule has 1 saturated heterocycles. The summed E-state index contributed by atoms with van der Waals surface area (Å²) in [7, 11) is 0. The van der Waals surface area contributed by atoms with E-state index in [0.717, 1.165) is 24.4 Å². The summed E-state index contributed by atoms with van der Waals surface area (Å²) in [5, 5.41) is 3.30. The molecule has 0 aromatic carbocycles. The molecule has 1 aliphatic heterocycles. The highest BCUT2D eigenvalue weighted by atomic mass is 16.5. The van der Waals surface area contributed by atoms with Gasteiger partial charge in [0.25, 0.3) is 0 Å². The summed E-state index contributed by atoms with van der Waals surface area (Å²) >= 11 is 0. The van der Waals surface area contributed by atoms with E-state index in [1.807, 2.05) is 19.9 Å². The minimum Gasteiger partial charge on any atom is -0.497 e. The first-order valence-electron chi connectivity index (χ1n) is 7.04. The molecule has 0 aromatic heterocycles. The van der Waals surface area contributed by atoms with Crippen molar-refractivity contribution in [1.82, 2.24) is 5.32 Å². The third kappa shape index (κ3) is 3.28. The van der Waals surface area contributed by atoms with Crippen LogP contribution in [0.4, 0.5) is 0 Å². The van der Waals surface area contributed by atoms with Crippen LogP contribution in [0, 0.1) is 0 Å². The van der Waals surface area contributed by atoms with Crippen LogP contribution in [0.3, 0.4) is 0 Å². The molecular weight excluding hydrogens is 258 g/mol. The standard InChI is InChI=1S/C14H21N3O3/c1-3-18-12-8-11(17-15)13(19-4-2)7-10(12)14-9-16-5-6-20-14/h7,14,16H,3-6,8-9H2,1-2H3. The number of nitrogens with one attached hydrogen (secondary N) is 1. The van der Waals surface area contributed by atoms with Gasteiger partial charge >= 0.3 is 5.71 Å². The van der Waals surface area contributed by atoms with Crippen LogP contribution in [0.1, 0.15) is 20.3 Å². The van der Waals surface area contributed by atoms with Crippen LogP contribution in [-0.4, -0.2) is 49.5 Å². The Hall–Kier alpha value is -1.62. The fourth-order valence-electron chi connectivity index (χ4n) is 2.36. The lowest BCUT2D eigenvalue weighted by molar-refractivity contribution is -0.0140. The number of ether oxygens (including phenoxy) is 3. The quantitative estimate of drug-likeness (QED) is 0.607. The molecule has 2 rings (SSSR count). The van der Waals surface area contributed by atoms with Gasteiger partial charge in [0, 0.05) is 18.7 Å². The van der Waals surface area contributed by atoms with Gasteiger partial charge in [-0.3, -0.25) is 0 Å². The van der Waals surface area contributed by atoms with Crippen LogP contribution in [0.2, 0.25) is 0 Å². The van der Waals surface area contributed by atoms with Crippen molar-refractivity contribution in [3.8, 4) is 0 Å². The van der Waals surface area contributed by atoms with Gasteiger partial charge in [-0.2, -0.15) is 4.79 Å². The van der Waals surface area contributed by atoms with Gasteiger partial charge in [-0.15, -0.1) is 0 Å². The number of allylic oxidation sites excluding steroid dienone is 2. The van der Waals surface area contributed by atoms with Crippen LogP contribution in [-0.2, 0) is 14.2 Å². The van der Waals surface area contributed by atoms with E-state index in [2.05, 4.69) is 10.1 Å². The highest BCUT2D eigenvalue weighted by Gasteiger charge is 2.32. The number of morpholine rings is 1. The van der Waals surface area contributed by atoms with E-state index >= 15 is 0 Å². The first-order valence-corrected chi connectivity index (χ1v) is 7.04. The summed E-state index contributed by atoms with van der Waals surface area (Å²) in [5.41, 5.74) is 10.6. The molecule has 110 valence electrons. The lowest BCUT2D eigenvalue weighted by Crippen LogP contribution is -2.40. The zero-order valence-electron chi connectivity index (χ0n) is 12.0. The van der Waals surface area contributed by atoms with E-state index in [-0.39, 0.29) is 6.10 Å². The Bertz CT molecular complexity index is 458. The van der Waals surface area contributed by atoms with Crippen molar-refractivity contribution < 1.29 is 19.0 Å². The second-order valence-corrected chi connectivity index (χ2v) is 4.54. The summed E-state index contributed by atoms with van der Waals surface area (Å²) in [6, 6.07) is 0. The average molecular weight is 279 g/mol. The lowest BCUT2D eigenvalue weighted by Gasteiger charge is -2.28. The van der Waals surface area contributed by atoms with Gasteiger partial charge < -0.3 is 25.1 Å². The summed E-state index contributed by atoms with van der Waals surface area (Å²) < 4.78 is 17.0. The van der Waals surface area contributed by atoms with Crippen molar-refractivity contribution in [2.75, 3.05) is 32.9 Å². The number of hydrogen-bond acceptors (Lipinski definition) is 4. The van der Waals surface area contributed by atoms with Gasteiger partial charge in [-0.05, 0) is 19.9 Å². The molecule has 1 heterocycles. The SMILES string of the molecule is CCOC1=CC(C2CNCCO2)=C(OCC)CC1=[N+]=[N-]. The van der Waals surface area contributed by atoms with Crippen molar-refractivity contribution in [2.45, 2.75) is 26.4 Å². The second-order valence-electron chi connectivity index (χ2n) is 4.54. The lowest BCUT2D eigenvalue weighted by atomic mass is 9.96. The fourth-order valence-corrected chi connectivity index (χ4v) is 2.36. The first kappa shape index (κ1) is 14.8. The Morgan fingerprint density at radius 2 is 2.20 bits per heavy atom. The molecule has 2 aliphatic rings. The van der Waals surface area contributed by atoms with Gasteiger partial charge in [-0.1, -0.05) is 0 Å². The maximum Gasteiger partial charge on any atom is 0.340 e. The molecule has 0 amide bonds. The Balaban J connectivity index is 2.32. The average Bonchev–Trinajstić information content (AvgIpc) is 2.49. The summed E-state index contributed by atoms with van der Waals surface area (Å²) in [6.07, 6.45) is 2.23. The Kier molecular flexibility index (Phi) is 5.35. The van der Waals surface area contributed by atoms with E-state index < -0.39 is 0 Å². The molecule has 0 bridgehead atoms. The van der Waals surface area contributed by atoms with Crippen LogP contribution in [0.25, 0.3) is 5.53 Å². The Morgan fingerprint density at radius 3 is 2.80 bits per heavy atom. The molecule has 6 heteroatoms. The van der Waals surface area contributed by atoms with Gasteiger partial charge in [-0.25, -0.2) is 0 Å². The highest BCUT2D eigenvalue weighted by Crippen LogP contribution is 2.27. The topological polar surface area (TPSA) is 76.1 Å². The van der Waals surface area contributed by atoms with E-state index in [4.69, 9.17) is 19.7 Å². The van der Waals surface area contributed by atoms with E-state index in [9.17, 15) is 0 Å². The minimum absolute atomic E-state index is 0.0546. The molecule has 20 heavy (non-hydrogen) atoms. The zero-order valence-corrected chi connectivity index (χ0v) is 12.0. The van der Waals surface area contributed by atoms with Crippen LogP contribution in [0.5, 0.6) is 0 Å². The third-order valence-corrected chi connectivity index (χ3v) is 3.23. The largest absolute Gasteiger partial charge is 0.497 e. The van der Waals surface area contributed by atoms with Gasteiger partial charge in [0.2, 0.25) is 5.76 Å². The summed E-state index contributed by atoms with van der Waals surface area (Å²) in [6.45, 7) is 7.19. The molecule has 1 atom stereocenters. The molecule has 0 spiro atoms. The van der Waals surface area contributed by atoms with E-state index in [1.165, 1.54) is 0 Å². The molecule has 0 aromatic rings. The normalized spacial score (nSPS) is 23.2. The number of nitrogens with zero attached hydrogens (tertiary/aromatic N) is 2. The molecular formula is C14H21N3O3. The molecule has 1 unspecified atom stereocenters. The predicted octanol–water partition coefficient (Wildman–Crippen LogP) is 1.26. The number of rotatable bonds is 5. The Morgan fingerprint density at radius 1 is 1.40 bits per heavy atom. The molecule has 0 saturated carbocycles. The Labute approximate surface area is 119 Å². The van der Waals surface area contributed by atoms with Gasteiger partial charge in [0.05, 0.1) is 25.9 Å². The molecule has 6 nitrogen and oxygen atoms in total. The van der Waals surface area contributed by atoms with E-state index in [0.29, 0.717) is 37.7 Å². The van der Waals surface area contributed by atoms with Gasteiger partial charge in [0.1, 0.15) is 12.2 Å². The first-order chi connectivity index (χ1) is 9.80. The summed E-state index contributed by atoms with van der Waals surface area (Å²) in [5.74, 6) is 1.38. The van der Waals surface area contributed by atoms with Crippen molar-refractivity contribution in [3.05, 3.63) is 28.7 Å². The number of hydrogen-bond donors (Lipinski definition) is 1. The van der Waals surface area contributed by atoms with Crippen molar-refractivity contribution in [2.24, 2.45) is 0 Å². The zero-order chi connectivity index (χ0) is 14.4. The fraction of sp³-hybridized carbons (Fsp3) is 0.643. The highest BCUT2D eigenvalue weighted by molar-refractivity contribution is 5.97. The molecule has 1 aliphatic carbocycles. The maximum atomic E-state index is 9.12. The van der Waals surface area contributed by atoms with E-state index in [1.54, 1.807) is 0 Å². The van der Waals surface area contributed by atoms with Crippen LogP contribution < -0.4 is 5.32 Å².